The monoisotopic (exact) mass is 614 g/mol. The largest absolute Gasteiger partial charge is 0.494 e. The van der Waals surface area contributed by atoms with Crippen molar-refractivity contribution in [3.05, 3.63) is 78.8 Å². The molecule has 6 aromatic rings. The zero-order valence-electron chi connectivity index (χ0n) is 25.5. The third-order valence-electron chi connectivity index (χ3n) is 10.00. The topological polar surface area (TPSA) is 135 Å². The van der Waals surface area contributed by atoms with Gasteiger partial charge in [-0.2, -0.15) is 5.10 Å². The molecule has 2 saturated carbocycles. The van der Waals surface area contributed by atoms with E-state index in [4.69, 9.17) is 20.4 Å². The average Bonchev–Trinajstić information content (AvgIpc) is 3.40. The quantitative estimate of drug-likeness (QED) is 0.271. The Bertz CT molecular complexity index is 2110. The van der Waals surface area contributed by atoms with Gasteiger partial charge in [0.05, 0.1) is 43.5 Å². The van der Waals surface area contributed by atoms with Crippen LogP contribution in [0.15, 0.2) is 67.6 Å². The van der Waals surface area contributed by atoms with Crippen molar-refractivity contribution in [1.29, 1.82) is 0 Å². The Balaban J connectivity index is 1.20. The van der Waals surface area contributed by atoms with E-state index in [9.17, 15) is 4.79 Å². The molecule has 2 bridgehead atoms. The van der Waals surface area contributed by atoms with Crippen molar-refractivity contribution in [3.63, 3.8) is 0 Å². The van der Waals surface area contributed by atoms with Crippen LogP contribution >= 0.6 is 0 Å². The van der Waals surface area contributed by atoms with Crippen LogP contribution in [-0.4, -0.2) is 75.4 Å². The second kappa shape index (κ2) is 10.5. The number of nitrogens with two attached hydrogens (primary N) is 1. The summed E-state index contributed by atoms with van der Waals surface area (Å²) in [7, 11) is 1.65. The van der Waals surface area contributed by atoms with Gasteiger partial charge in [-0.05, 0) is 67.9 Å². The van der Waals surface area contributed by atoms with E-state index in [0.717, 1.165) is 58.7 Å². The fourth-order valence-electron chi connectivity index (χ4n) is 7.50. The molecule has 1 aliphatic heterocycles. The number of pyridine rings is 1. The second-order valence-corrected chi connectivity index (χ2v) is 12.9. The molecule has 12 nitrogen and oxygen atoms in total. The molecule has 0 spiro atoms. The minimum Gasteiger partial charge on any atom is -0.494 e. The molecule has 3 unspecified atom stereocenters. The maximum Gasteiger partial charge on any atom is 0.254 e. The van der Waals surface area contributed by atoms with Crippen LogP contribution < -0.4 is 10.5 Å². The van der Waals surface area contributed by atoms with Gasteiger partial charge >= 0.3 is 0 Å². The summed E-state index contributed by atoms with van der Waals surface area (Å²) in [5.41, 5.74) is 12.2. The Hall–Kier alpha value is -5.10. The highest BCUT2D eigenvalue weighted by Gasteiger charge is 2.47. The number of methoxy groups -OCH3 is 1. The molecule has 0 radical (unpaired) electrons. The predicted molar refractivity (Wildman–Crippen MR) is 172 cm³/mol. The Morgan fingerprint density at radius 3 is 2.70 bits per heavy atom. The fraction of sp³-hybridized carbons (Fsp3) is 0.353. The van der Waals surface area contributed by atoms with Crippen LogP contribution in [0.25, 0.3) is 39.3 Å². The summed E-state index contributed by atoms with van der Waals surface area (Å²) in [5.74, 6) is 2.37. The van der Waals surface area contributed by atoms with Gasteiger partial charge in [0.25, 0.3) is 5.91 Å². The van der Waals surface area contributed by atoms with Crippen molar-refractivity contribution in [2.75, 3.05) is 13.7 Å². The molecule has 3 aliphatic rings. The Morgan fingerprint density at radius 1 is 1.07 bits per heavy atom. The van der Waals surface area contributed by atoms with Gasteiger partial charge in [-0.1, -0.05) is 0 Å². The first-order valence-corrected chi connectivity index (χ1v) is 15.9. The number of benzene rings is 1. The highest BCUT2D eigenvalue weighted by molar-refractivity contribution is 6.00. The van der Waals surface area contributed by atoms with Crippen LogP contribution in [-0.2, 0) is 13.1 Å². The molecule has 1 saturated heterocycles. The molecule has 12 heteroatoms. The summed E-state index contributed by atoms with van der Waals surface area (Å²) < 4.78 is 12.3. The van der Waals surface area contributed by atoms with E-state index in [1.54, 1.807) is 24.2 Å². The van der Waals surface area contributed by atoms with Crippen molar-refractivity contribution in [2.45, 2.75) is 50.9 Å². The standard InChI is InChI=1S/C34H34N10O2/c1-46-29-11-24(34(45)42-18-23-6-7-27(42)30(23)35)9-26-31(29)43(16-21-12-39-44(17-21)25-13-36-19-37-14-25)33(40-26)28-10-22-3-2-8-38-32(22)41(28)15-20-4-5-20/h2-3,8-14,17,19-20,23,27,30H,4-7,15-16,18,35H2,1H3. The number of imidazole rings is 1. The number of amides is 1. The van der Waals surface area contributed by atoms with Gasteiger partial charge in [0.15, 0.2) is 5.82 Å². The van der Waals surface area contributed by atoms with Crippen LogP contribution in [0.1, 0.15) is 41.6 Å². The molecular weight excluding hydrogens is 580 g/mol. The van der Waals surface area contributed by atoms with Gasteiger partial charge in [-0.3, -0.25) is 4.79 Å². The van der Waals surface area contributed by atoms with E-state index < -0.39 is 0 Å². The molecule has 3 atom stereocenters. The van der Waals surface area contributed by atoms with E-state index in [-0.39, 0.29) is 18.0 Å². The maximum absolute atomic E-state index is 13.9. The predicted octanol–water partition coefficient (Wildman–Crippen LogP) is 4.06. The Morgan fingerprint density at radius 2 is 1.93 bits per heavy atom. The number of rotatable bonds is 8. The van der Waals surface area contributed by atoms with Gasteiger partial charge < -0.3 is 24.5 Å². The zero-order valence-corrected chi connectivity index (χ0v) is 25.5. The molecule has 5 aromatic heterocycles. The van der Waals surface area contributed by atoms with Crippen molar-refractivity contribution in [2.24, 2.45) is 17.6 Å². The molecule has 232 valence electrons. The number of hydrogen-bond acceptors (Lipinski definition) is 8. The van der Waals surface area contributed by atoms with Crippen LogP contribution in [0, 0.1) is 11.8 Å². The smallest absolute Gasteiger partial charge is 0.254 e. The van der Waals surface area contributed by atoms with E-state index in [0.29, 0.717) is 41.8 Å². The molecule has 2 N–H and O–H groups in total. The van der Waals surface area contributed by atoms with Gasteiger partial charge in [0.2, 0.25) is 0 Å². The number of ether oxygens (including phenoxy) is 1. The third kappa shape index (κ3) is 4.38. The minimum absolute atomic E-state index is 0.0163. The molecule has 46 heavy (non-hydrogen) atoms. The third-order valence-corrected chi connectivity index (χ3v) is 10.00. The Kier molecular flexibility index (Phi) is 6.20. The highest BCUT2D eigenvalue weighted by atomic mass is 16.5. The van der Waals surface area contributed by atoms with E-state index in [1.807, 2.05) is 41.7 Å². The van der Waals surface area contributed by atoms with E-state index in [1.165, 1.54) is 19.2 Å². The van der Waals surface area contributed by atoms with E-state index in [2.05, 4.69) is 36.3 Å². The number of fused-ring (bicyclic) bond motifs is 4. The fourth-order valence-corrected chi connectivity index (χ4v) is 7.50. The first-order chi connectivity index (χ1) is 22.6. The van der Waals surface area contributed by atoms with Crippen molar-refractivity contribution in [1.82, 2.24) is 43.8 Å². The molecule has 1 amide bonds. The first-order valence-electron chi connectivity index (χ1n) is 15.9. The summed E-state index contributed by atoms with van der Waals surface area (Å²) in [6.45, 7) is 2.06. The lowest BCUT2D eigenvalue weighted by atomic mass is 10.1. The lowest BCUT2D eigenvalue weighted by Crippen LogP contribution is -2.41. The molecule has 6 heterocycles. The molecule has 9 rings (SSSR count). The van der Waals surface area contributed by atoms with Crippen LogP contribution in [0.5, 0.6) is 5.75 Å². The Labute approximate surface area is 264 Å². The number of likely N-dealkylation sites (tertiary alicyclic amines) is 1. The van der Waals surface area contributed by atoms with Crippen molar-refractivity contribution >= 4 is 28.0 Å². The number of aromatic nitrogens is 8. The SMILES string of the molecule is COc1cc(C(=O)N2CC3CCC2C3N)cc2nc(-c3cc4cccnc4n3CC3CC3)n(Cc3cnn(-c4cncnc4)c3)c12. The lowest BCUT2D eigenvalue weighted by Gasteiger charge is -2.27. The van der Waals surface area contributed by atoms with Crippen LogP contribution in [0.4, 0.5) is 0 Å². The van der Waals surface area contributed by atoms with Crippen LogP contribution in [0.3, 0.4) is 0 Å². The van der Waals surface area contributed by atoms with Gasteiger partial charge in [0, 0.05) is 54.1 Å². The van der Waals surface area contributed by atoms with Gasteiger partial charge in [-0.25, -0.2) is 24.6 Å². The van der Waals surface area contributed by atoms with Gasteiger partial charge in [-0.15, -0.1) is 0 Å². The summed E-state index contributed by atoms with van der Waals surface area (Å²) in [6, 6.07) is 10.1. The number of piperidine rings is 1. The molecular formula is C34H34N10O2. The number of carbonyl (C=O) groups is 1. The number of hydrogen-bond donors (Lipinski definition) is 1. The first kappa shape index (κ1) is 27.2. The molecule has 1 aromatic carbocycles. The maximum atomic E-state index is 13.9. The summed E-state index contributed by atoms with van der Waals surface area (Å²) in [4.78, 5) is 34.2. The van der Waals surface area contributed by atoms with Gasteiger partial charge in [0.1, 0.15) is 28.9 Å². The molecule has 2 aliphatic carbocycles. The molecule has 3 fully saturated rings. The average molecular weight is 615 g/mol. The van der Waals surface area contributed by atoms with E-state index >= 15 is 0 Å². The number of carbonyl (C=O) groups excluding carboxylic acids is 1. The lowest BCUT2D eigenvalue weighted by molar-refractivity contribution is 0.0700. The van der Waals surface area contributed by atoms with Crippen molar-refractivity contribution in [3.8, 4) is 23.0 Å². The zero-order chi connectivity index (χ0) is 30.9. The second-order valence-electron chi connectivity index (χ2n) is 12.9. The van der Waals surface area contributed by atoms with Crippen LogP contribution in [0.2, 0.25) is 0 Å². The normalized spacial score (nSPS) is 20.7. The van der Waals surface area contributed by atoms with Crippen molar-refractivity contribution < 1.29 is 9.53 Å². The number of nitrogens with zero attached hydrogens (tertiary/aromatic N) is 9. The summed E-state index contributed by atoms with van der Waals surface area (Å²) in [6.07, 6.45) is 15.1. The highest BCUT2D eigenvalue weighted by Crippen LogP contribution is 2.40. The summed E-state index contributed by atoms with van der Waals surface area (Å²) in [5, 5.41) is 5.66. The summed E-state index contributed by atoms with van der Waals surface area (Å²) >= 11 is 0. The minimum atomic E-state index is -0.0163.